The van der Waals surface area contributed by atoms with E-state index >= 15 is 0 Å². The lowest BCUT2D eigenvalue weighted by molar-refractivity contribution is -0.107. The van der Waals surface area contributed by atoms with Crippen molar-refractivity contribution in [3.8, 4) is 0 Å². The van der Waals surface area contributed by atoms with Crippen molar-refractivity contribution in [1.82, 2.24) is 9.78 Å². The van der Waals surface area contributed by atoms with Gasteiger partial charge in [-0.2, -0.15) is 5.10 Å². The molecule has 0 saturated carbocycles. The van der Waals surface area contributed by atoms with E-state index in [4.69, 9.17) is 0 Å². The van der Waals surface area contributed by atoms with Crippen molar-refractivity contribution >= 4 is 12.2 Å². The highest BCUT2D eigenvalue weighted by Gasteiger charge is 2.00. The fourth-order valence-electron chi connectivity index (χ4n) is 0.581. The molecule has 0 aliphatic heterocycles. The number of carbonyl (C=O) groups is 2. The molecule has 1 heterocycles. The number of nitrogens with zero attached hydrogens (tertiary/aromatic N) is 2. The summed E-state index contributed by atoms with van der Waals surface area (Å²) in [6, 6.07) is 1.63. The first-order valence-electron chi connectivity index (χ1n) is 2.81. The largest absolute Gasteiger partial charge is 0.303 e. The summed E-state index contributed by atoms with van der Waals surface area (Å²) >= 11 is 0. The predicted octanol–water partition coefficient (Wildman–Crippen LogP) is 0.112. The van der Waals surface area contributed by atoms with Gasteiger partial charge in [-0.3, -0.25) is 4.79 Å². The topological polar surface area (TPSA) is 52.0 Å². The summed E-state index contributed by atoms with van der Waals surface area (Å²) in [6.45, 7) is 0. The second-order valence-electron chi connectivity index (χ2n) is 1.72. The molecule has 1 aromatic heterocycles. The van der Waals surface area contributed by atoms with Crippen LogP contribution >= 0.6 is 0 Å². The number of aldehydes is 1. The van der Waals surface area contributed by atoms with E-state index in [-0.39, 0.29) is 12.3 Å². The van der Waals surface area contributed by atoms with Gasteiger partial charge in [0.25, 0.3) is 5.91 Å². The van der Waals surface area contributed by atoms with Crippen LogP contribution in [-0.4, -0.2) is 22.0 Å². The van der Waals surface area contributed by atoms with Gasteiger partial charge in [0.15, 0.2) is 0 Å². The maximum Gasteiger partial charge on any atom is 0.253 e. The zero-order valence-corrected chi connectivity index (χ0v) is 5.23. The minimum Gasteiger partial charge on any atom is -0.303 e. The molecule has 1 aromatic rings. The fraction of sp³-hybridized carbons (Fsp3) is 0.167. The monoisotopic (exact) mass is 138 g/mol. The molecule has 10 heavy (non-hydrogen) atoms. The van der Waals surface area contributed by atoms with Crippen LogP contribution in [0.4, 0.5) is 0 Å². The molecular formula is C6H6N2O2. The molecule has 0 aliphatic carbocycles. The molecule has 0 spiro atoms. The first-order valence-corrected chi connectivity index (χ1v) is 2.81. The first kappa shape index (κ1) is 6.67. The Morgan fingerprint density at radius 3 is 3.00 bits per heavy atom. The third-order valence-electron chi connectivity index (χ3n) is 1.02. The predicted molar refractivity (Wildman–Crippen MR) is 33.5 cm³/mol. The lowest BCUT2D eigenvalue weighted by Gasteiger charge is -1.91. The summed E-state index contributed by atoms with van der Waals surface area (Å²) in [5.41, 5.74) is 0. The Balaban J connectivity index is 2.68. The standard InChI is InChI=1S/C6H6N2O2/c9-5-2-6(10)8-4-1-3-7-8/h1,3-5H,2H2. The quantitative estimate of drug-likeness (QED) is 0.430. The minimum atomic E-state index is -0.306. The van der Waals surface area contributed by atoms with E-state index in [0.717, 1.165) is 4.68 Å². The molecule has 0 N–H and O–H groups in total. The second kappa shape index (κ2) is 2.91. The molecule has 4 nitrogen and oxygen atoms in total. The van der Waals surface area contributed by atoms with E-state index in [1.165, 1.54) is 12.4 Å². The third kappa shape index (κ3) is 1.28. The van der Waals surface area contributed by atoms with Crippen LogP contribution < -0.4 is 0 Å². The molecular weight excluding hydrogens is 132 g/mol. The molecule has 4 heteroatoms. The van der Waals surface area contributed by atoms with Gasteiger partial charge in [0.2, 0.25) is 0 Å². The Morgan fingerprint density at radius 2 is 2.50 bits per heavy atom. The highest BCUT2D eigenvalue weighted by Crippen LogP contribution is 1.86. The highest BCUT2D eigenvalue weighted by atomic mass is 16.2. The lowest BCUT2D eigenvalue weighted by atomic mass is 10.4. The van der Waals surface area contributed by atoms with Gasteiger partial charge in [-0.05, 0) is 6.07 Å². The molecule has 0 saturated heterocycles. The Kier molecular flexibility index (Phi) is 1.94. The number of rotatable bonds is 2. The molecule has 1 rings (SSSR count). The van der Waals surface area contributed by atoms with Crippen molar-refractivity contribution in [2.75, 3.05) is 0 Å². The van der Waals surface area contributed by atoms with Gasteiger partial charge in [-0.25, -0.2) is 4.68 Å². The number of aromatic nitrogens is 2. The molecule has 0 aromatic carbocycles. The van der Waals surface area contributed by atoms with E-state index < -0.39 is 0 Å². The van der Waals surface area contributed by atoms with Crippen LogP contribution in [0.2, 0.25) is 0 Å². The molecule has 0 atom stereocenters. The number of carbonyl (C=O) groups excluding carboxylic acids is 2. The fourth-order valence-corrected chi connectivity index (χ4v) is 0.581. The van der Waals surface area contributed by atoms with Gasteiger partial charge in [0.05, 0.1) is 6.42 Å². The maximum atomic E-state index is 10.8. The maximum absolute atomic E-state index is 10.8. The van der Waals surface area contributed by atoms with Gasteiger partial charge in [0, 0.05) is 12.4 Å². The Morgan fingerprint density at radius 1 is 1.70 bits per heavy atom. The summed E-state index contributed by atoms with van der Waals surface area (Å²) in [7, 11) is 0. The molecule has 0 fully saturated rings. The third-order valence-corrected chi connectivity index (χ3v) is 1.02. The lowest BCUT2D eigenvalue weighted by Crippen LogP contribution is -2.10. The average Bonchev–Trinajstić information content (AvgIpc) is 2.38. The van der Waals surface area contributed by atoms with Crippen molar-refractivity contribution in [1.29, 1.82) is 0 Å². The van der Waals surface area contributed by atoms with Crippen molar-refractivity contribution in [3.05, 3.63) is 18.5 Å². The zero-order valence-electron chi connectivity index (χ0n) is 5.23. The van der Waals surface area contributed by atoms with Gasteiger partial charge in [-0.1, -0.05) is 0 Å². The van der Waals surface area contributed by atoms with Gasteiger partial charge in [0.1, 0.15) is 6.29 Å². The molecule has 0 aliphatic rings. The molecule has 52 valence electrons. The average molecular weight is 138 g/mol. The van der Waals surface area contributed by atoms with E-state index in [1.54, 1.807) is 6.07 Å². The van der Waals surface area contributed by atoms with Crippen molar-refractivity contribution in [2.45, 2.75) is 6.42 Å². The zero-order chi connectivity index (χ0) is 7.40. The molecule has 0 bridgehead atoms. The van der Waals surface area contributed by atoms with Crippen molar-refractivity contribution in [2.24, 2.45) is 0 Å². The van der Waals surface area contributed by atoms with Gasteiger partial charge >= 0.3 is 0 Å². The van der Waals surface area contributed by atoms with Crippen LogP contribution in [0.25, 0.3) is 0 Å². The van der Waals surface area contributed by atoms with Crippen LogP contribution in [-0.2, 0) is 4.79 Å². The van der Waals surface area contributed by atoms with Crippen LogP contribution in [0.5, 0.6) is 0 Å². The SMILES string of the molecule is O=CCC(=O)n1cccn1. The second-order valence-corrected chi connectivity index (χ2v) is 1.72. The number of hydrogen-bond acceptors (Lipinski definition) is 3. The van der Waals surface area contributed by atoms with Gasteiger partial charge < -0.3 is 4.79 Å². The van der Waals surface area contributed by atoms with Crippen molar-refractivity contribution in [3.63, 3.8) is 0 Å². The van der Waals surface area contributed by atoms with Crippen LogP contribution in [0.3, 0.4) is 0 Å². The normalized spacial score (nSPS) is 9.20. The van der Waals surface area contributed by atoms with E-state index in [2.05, 4.69) is 5.10 Å². The van der Waals surface area contributed by atoms with Crippen LogP contribution in [0.1, 0.15) is 11.2 Å². The summed E-state index contributed by atoms with van der Waals surface area (Å²) in [4.78, 5) is 20.6. The minimum absolute atomic E-state index is 0.109. The Labute approximate surface area is 57.5 Å². The van der Waals surface area contributed by atoms with Gasteiger partial charge in [-0.15, -0.1) is 0 Å². The highest BCUT2D eigenvalue weighted by molar-refractivity contribution is 5.89. The van der Waals surface area contributed by atoms with Crippen LogP contribution in [0, 0.1) is 0 Å². The smallest absolute Gasteiger partial charge is 0.253 e. The van der Waals surface area contributed by atoms with E-state index in [1.807, 2.05) is 0 Å². The molecule has 0 radical (unpaired) electrons. The van der Waals surface area contributed by atoms with Crippen LogP contribution in [0.15, 0.2) is 18.5 Å². The Bertz CT molecular complexity index is 228. The summed E-state index contributed by atoms with van der Waals surface area (Å²) in [6.07, 6.45) is 3.44. The Hall–Kier alpha value is -1.45. The van der Waals surface area contributed by atoms with E-state index in [9.17, 15) is 9.59 Å². The first-order chi connectivity index (χ1) is 4.84. The number of hydrogen-bond donors (Lipinski definition) is 0. The molecule has 0 unspecified atom stereocenters. The summed E-state index contributed by atoms with van der Waals surface area (Å²) in [5.74, 6) is -0.306. The summed E-state index contributed by atoms with van der Waals surface area (Å²) < 4.78 is 1.13. The van der Waals surface area contributed by atoms with Crippen molar-refractivity contribution < 1.29 is 9.59 Å². The van der Waals surface area contributed by atoms with E-state index in [0.29, 0.717) is 6.29 Å². The molecule has 0 amide bonds. The summed E-state index contributed by atoms with van der Waals surface area (Å²) in [5, 5.41) is 3.64.